The highest BCUT2D eigenvalue weighted by Crippen LogP contribution is 2.34. The number of aromatic nitrogens is 1. The van der Waals surface area contributed by atoms with Crippen molar-refractivity contribution in [2.24, 2.45) is 5.16 Å². The van der Waals surface area contributed by atoms with Gasteiger partial charge in [0.1, 0.15) is 23.8 Å². The smallest absolute Gasteiger partial charge is 0.340 e. The Bertz CT molecular complexity index is 1340. The highest BCUT2D eigenvalue weighted by atomic mass is 19.1. The maximum atomic E-state index is 15.1. The summed E-state index contributed by atoms with van der Waals surface area (Å²) in [7, 11) is 0. The van der Waals surface area contributed by atoms with Gasteiger partial charge in [-0.3, -0.25) is 0 Å². The molecule has 9 heteroatoms. The number of aryl methyl sites for hydroxylation is 1. The second kappa shape index (κ2) is 10.7. The van der Waals surface area contributed by atoms with Crippen LogP contribution in [0, 0.1) is 25.5 Å². The van der Waals surface area contributed by atoms with E-state index in [0.29, 0.717) is 29.1 Å². The van der Waals surface area contributed by atoms with Crippen molar-refractivity contribution in [1.29, 1.82) is 0 Å². The van der Waals surface area contributed by atoms with Gasteiger partial charge in [0, 0.05) is 17.7 Å². The van der Waals surface area contributed by atoms with Crippen molar-refractivity contribution in [2.45, 2.75) is 40.0 Å². The second-order valence-electron chi connectivity index (χ2n) is 8.51. The third-order valence-corrected chi connectivity index (χ3v) is 5.81. The Morgan fingerprint density at radius 3 is 2.61 bits per heavy atom. The topological polar surface area (TPSA) is 90.2 Å². The van der Waals surface area contributed by atoms with Crippen LogP contribution in [0.15, 0.2) is 41.6 Å². The summed E-state index contributed by atoms with van der Waals surface area (Å²) in [6, 6.07) is 9.32. The van der Waals surface area contributed by atoms with E-state index in [9.17, 15) is 9.90 Å². The van der Waals surface area contributed by atoms with Crippen LogP contribution < -0.4 is 9.47 Å². The Morgan fingerprint density at radius 1 is 1.08 bits per heavy atom. The molecule has 0 radical (unpaired) electrons. The first kappa shape index (κ1) is 25.1. The van der Waals surface area contributed by atoms with E-state index < -0.39 is 17.6 Å². The molecule has 0 spiro atoms. The van der Waals surface area contributed by atoms with Gasteiger partial charge >= 0.3 is 5.97 Å². The minimum absolute atomic E-state index is 0.0146. The molecule has 2 aromatic carbocycles. The molecule has 1 aromatic heterocycles. The summed E-state index contributed by atoms with van der Waals surface area (Å²) in [4.78, 5) is 20.2. The number of benzene rings is 2. The number of pyridine rings is 1. The van der Waals surface area contributed by atoms with Crippen LogP contribution in [-0.2, 0) is 16.1 Å². The van der Waals surface area contributed by atoms with Gasteiger partial charge in [-0.25, -0.2) is 18.6 Å². The fourth-order valence-corrected chi connectivity index (χ4v) is 3.91. The molecule has 7 nitrogen and oxygen atoms in total. The number of ether oxygens (including phenoxy) is 2. The van der Waals surface area contributed by atoms with Gasteiger partial charge in [0.2, 0.25) is 0 Å². The van der Waals surface area contributed by atoms with Crippen molar-refractivity contribution in [3.05, 3.63) is 70.4 Å². The molecule has 0 amide bonds. The average Bonchev–Trinajstić information content (AvgIpc) is 3.28. The first-order valence-corrected chi connectivity index (χ1v) is 11.6. The van der Waals surface area contributed by atoms with Crippen molar-refractivity contribution in [3.63, 3.8) is 0 Å². The van der Waals surface area contributed by atoms with Gasteiger partial charge in [0.15, 0.2) is 23.1 Å². The molecule has 0 saturated carbocycles. The lowest BCUT2D eigenvalue weighted by molar-refractivity contribution is -0.140. The number of hydrogen-bond donors (Lipinski definition) is 1. The van der Waals surface area contributed by atoms with Crippen LogP contribution in [0.1, 0.15) is 42.1 Å². The molecule has 1 N–H and O–H groups in total. The van der Waals surface area contributed by atoms with Crippen LogP contribution in [0.25, 0.3) is 11.3 Å². The van der Waals surface area contributed by atoms with Gasteiger partial charge in [0.05, 0.1) is 13.0 Å². The van der Waals surface area contributed by atoms with Crippen LogP contribution >= 0.6 is 0 Å². The Balaban J connectivity index is 1.59. The van der Waals surface area contributed by atoms with E-state index >= 15 is 8.78 Å². The number of rotatable bonds is 9. The predicted molar refractivity (Wildman–Crippen MR) is 129 cm³/mol. The van der Waals surface area contributed by atoms with Gasteiger partial charge in [-0.05, 0) is 67.3 Å². The number of aromatic hydroxyl groups is 1. The molecule has 0 atom stereocenters. The monoisotopic (exact) mass is 496 g/mol. The van der Waals surface area contributed by atoms with Crippen LogP contribution in [0.2, 0.25) is 0 Å². The summed E-state index contributed by atoms with van der Waals surface area (Å²) < 4.78 is 41.2. The van der Waals surface area contributed by atoms with Gasteiger partial charge in [-0.15, -0.1) is 0 Å². The second-order valence-corrected chi connectivity index (χ2v) is 8.51. The summed E-state index contributed by atoms with van der Waals surface area (Å²) >= 11 is 0. The first-order valence-electron chi connectivity index (χ1n) is 11.6. The van der Waals surface area contributed by atoms with Crippen LogP contribution in [0.5, 0.6) is 17.2 Å². The SMILES string of the molecule is CCCOc1cccc(-c2nc(Cc3c(C)cc(OCC4=NOC(=O)C4)c(F)c3C)ccc2O)c1F. The molecule has 0 fully saturated rings. The summed E-state index contributed by atoms with van der Waals surface area (Å²) in [6.07, 6.45) is 0.996. The highest BCUT2D eigenvalue weighted by Gasteiger charge is 2.21. The molecule has 0 aliphatic carbocycles. The Hall–Kier alpha value is -4.01. The Morgan fingerprint density at radius 2 is 1.89 bits per heavy atom. The molecule has 0 unspecified atom stereocenters. The Kier molecular flexibility index (Phi) is 7.47. The highest BCUT2D eigenvalue weighted by molar-refractivity contribution is 6.02. The van der Waals surface area contributed by atoms with E-state index in [1.807, 2.05) is 13.8 Å². The van der Waals surface area contributed by atoms with Crippen molar-refractivity contribution in [2.75, 3.05) is 13.2 Å². The number of carbonyl (C=O) groups excluding carboxylic acids is 1. The first-order chi connectivity index (χ1) is 17.3. The molecule has 2 heterocycles. The van der Waals surface area contributed by atoms with E-state index in [1.165, 1.54) is 18.2 Å². The van der Waals surface area contributed by atoms with Crippen LogP contribution in [-0.4, -0.2) is 35.0 Å². The third-order valence-electron chi connectivity index (χ3n) is 5.81. The summed E-state index contributed by atoms with van der Waals surface area (Å²) in [5.41, 5.74) is 2.94. The van der Waals surface area contributed by atoms with Gasteiger partial charge < -0.3 is 19.4 Å². The molecule has 36 heavy (non-hydrogen) atoms. The summed E-state index contributed by atoms with van der Waals surface area (Å²) in [5, 5.41) is 14.0. The van der Waals surface area contributed by atoms with Gasteiger partial charge in [-0.1, -0.05) is 18.1 Å². The molecule has 3 aromatic rings. The zero-order valence-corrected chi connectivity index (χ0v) is 20.2. The Labute approximate surface area is 207 Å². The molecule has 1 aliphatic heterocycles. The van der Waals surface area contributed by atoms with Crippen molar-refractivity contribution in [3.8, 4) is 28.5 Å². The molecule has 188 valence electrons. The van der Waals surface area contributed by atoms with Gasteiger partial charge in [-0.2, -0.15) is 0 Å². The van der Waals surface area contributed by atoms with E-state index in [4.69, 9.17) is 9.47 Å². The maximum Gasteiger partial charge on any atom is 0.340 e. The lowest BCUT2D eigenvalue weighted by Crippen LogP contribution is -2.12. The van der Waals surface area contributed by atoms with Crippen LogP contribution in [0.3, 0.4) is 0 Å². The quantitative estimate of drug-likeness (QED) is 0.399. The normalized spacial score (nSPS) is 12.9. The maximum absolute atomic E-state index is 15.1. The van der Waals surface area contributed by atoms with Crippen LogP contribution in [0.4, 0.5) is 8.78 Å². The number of hydrogen-bond acceptors (Lipinski definition) is 7. The molecule has 1 aliphatic rings. The lowest BCUT2D eigenvalue weighted by Gasteiger charge is -2.16. The number of nitrogens with zero attached hydrogens (tertiary/aromatic N) is 2. The number of oxime groups is 1. The molecular weight excluding hydrogens is 470 g/mol. The lowest BCUT2D eigenvalue weighted by atomic mass is 9.96. The number of carbonyl (C=O) groups is 1. The average molecular weight is 497 g/mol. The molecular formula is C27H26F2N2O5. The van der Waals surface area contributed by atoms with Gasteiger partial charge in [0.25, 0.3) is 0 Å². The molecule has 0 bridgehead atoms. The zero-order valence-electron chi connectivity index (χ0n) is 20.2. The van der Waals surface area contributed by atoms with E-state index in [2.05, 4.69) is 15.0 Å². The fraction of sp³-hybridized carbons (Fsp3) is 0.296. The largest absolute Gasteiger partial charge is 0.506 e. The van der Waals surface area contributed by atoms with E-state index in [0.717, 1.165) is 12.0 Å². The zero-order chi connectivity index (χ0) is 25.8. The van der Waals surface area contributed by atoms with E-state index in [1.54, 1.807) is 25.1 Å². The molecule has 0 saturated heterocycles. The predicted octanol–water partition coefficient (Wildman–Crippen LogP) is 5.41. The number of halogens is 2. The third kappa shape index (κ3) is 5.30. The van der Waals surface area contributed by atoms with Crippen molar-refractivity contribution < 1.29 is 33.0 Å². The summed E-state index contributed by atoms with van der Waals surface area (Å²) in [5.74, 6) is -1.66. The van der Waals surface area contributed by atoms with Crippen molar-refractivity contribution in [1.82, 2.24) is 4.98 Å². The van der Waals surface area contributed by atoms with Crippen molar-refractivity contribution >= 4 is 11.7 Å². The summed E-state index contributed by atoms with van der Waals surface area (Å²) in [6.45, 7) is 5.69. The molecule has 4 rings (SSSR count). The minimum Gasteiger partial charge on any atom is -0.506 e. The fourth-order valence-electron chi connectivity index (χ4n) is 3.91. The minimum atomic E-state index is -0.607. The van der Waals surface area contributed by atoms with E-state index in [-0.39, 0.29) is 48.0 Å². The standard InChI is InChI=1S/C27H26F2N2O5/c1-4-10-34-22-7-5-6-19(26(22)29)27-21(32)9-8-17(30-27)12-20-15(2)11-23(25(28)16(20)3)35-14-18-13-24(33)36-31-18/h5-9,11,32H,4,10,12-14H2,1-3H3.